The van der Waals surface area contributed by atoms with Gasteiger partial charge in [0.25, 0.3) is 0 Å². The molecule has 2 aromatic carbocycles. The zero-order valence-corrected chi connectivity index (χ0v) is 20.4. The summed E-state index contributed by atoms with van der Waals surface area (Å²) in [6.45, 7) is 1.92. The van der Waals surface area contributed by atoms with Crippen molar-refractivity contribution in [3.05, 3.63) is 73.0 Å². The first kappa shape index (κ1) is 22.2. The first-order chi connectivity index (χ1) is 17.5. The topological polar surface area (TPSA) is 89.9 Å². The summed E-state index contributed by atoms with van der Waals surface area (Å²) in [7, 11) is 1.91. The Hall–Kier alpha value is -4.33. The first-order valence-corrected chi connectivity index (χ1v) is 12.3. The summed E-state index contributed by atoms with van der Waals surface area (Å²) in [5, 5.41) is 10.4. The van der Waals surface area contributed by atoms with Gasteiger partial charge >= 0.3 is 6.03 Å². The molecule has 5 aromatic rings. The molecule has 1 aliphatic rings. The highest BCUT2D eigenvalue weighted by molar-refractivity contribution is 5.91. The summed E-state index contributed by atoms with van der Waals surface area (Å²) in [6, 6.07) is 16.1. The maximum Gasteiger partial charge on any atom is 0.319 e. The molecule has 3 aromatic heterocycles. The zero-order valence-electron chi connectivity index (χ0n) is 20.4. The fourth-order valence-corrected chi connectivity index (χ4v) is 4.95. The minimum Gasteiger partial charge on any atom is -0.461 e. The minimum absolute atomic E-state index is 0.183. The number of nitrogens with zero attached hydrogens (tertiary/aromatic N) is 4. The van der Waals surface area contributed by atoms with Crippen molar-refractivity contribution in [2.45, 2.75) is 38.6 Å². The number of amides is 2. The molecule has 36 heavy (non-hydrogen) atoms. The fraction of sp³-hybridized carbons (Fsp3) is 0.250. The Morgan fingerprint density at radius 1 is 1.03 bits per heavy atom. The number of anilines is 1. The summed E-state index contributed by atoms with van der Waals surface area (Å²) in [5.74, 6) is 1.58. The number of nitrogens with one attached hydrogen (secondary N) is 2. The van der Waals surface area contributed by atoms with Gasteiger partial charge in [0.2, 0.25) is 0 Å². The molecule has 6 rings (SSSR count). The van der Waals surface area contributed by atoms with E-state index in [1.54, 1.807) is 4.68 Å². The number of hydrogen-bond acceptors (Lipinski definition) is 4. The molecule has 1 saturated carbocycles. The highest BCUT2D eigenvalue weighted by atomic mass is 16.3. The van der Waals surface area contributed by atoms with Crippen LogP contribution in [0.4, 0.5) is 10.5 Å². The van der Waals surface area contributed by atoms with Crippen LogP contribution in [0.5, 0.6) is 0 Å². The third kappa shape index (κ3) is 4.37. The van der Waals surface area contributed by atoms with Crippen molar-refractivity contribution >= 4 is 22.8 Å². The molecule has 0 bridgehead atoms. The predicted octanol–water partition coefficient (Wildman–Crippen LogP) is 6.06. The van der Waals surface area contributed by atoms with Crippen LogP contribution < -0.4 is 10.6 Å². The van der Waals surface area contributed by atoms with Crippen molar-refractivity contribution in [1.82, 2.24) is 24.6 Å². The maximum atomic E-state index is 12.7. The molecular formula is C28H28N6O2. The predicted molar refractivity (Wildman–Crippen MR) is 140 cm³/mol. The van der Waals surface area contributed by atoms with Gasteiger partial charge in [0.1, 0.15) is 17.8 Å². The van der Waals surface area contributed by atoms with Crippen LogP contribution in [0.1, 0.15) is 31.4 Å². The molecule has 8 nitrogen and oxygen atoms in total. The highest BCUT2D eigenvalue weighted by Gasteiger charge is 2.18. The molecule has 0 unspecified atom stereocenters. The number of fused-ring (bicyclic) bond motifs is 1. The van der Waals surface area contributed by atoms with E-state index in [2.05, 4.69) is 45.0 Å². The third-order valence-corrected chi connectivity index (χ3v) is 6.75. The van der Waals surface area contributed by atoms with Crippen molar-refractivity contribution < 1.29 is 9.21 Å². The molecule has 0 saturated heterocycles. The van der Waals surface area contributed by atoms with Crippen molar-refractivity contribution in [3.63, 3.8) is 0 Å². The molecule has 182 valence electrons. The van der Waals surface area contributed by atoms with Crippen molar-refractivity contribution in [1.29, 1.82) is 0 Å². The van der Waals surface area contributed by atoms with Crippen LogP contribution in [0.25, 0.3) is 39.2 Å². The second-order valence-electron chi connectivity index (χ2n) is 9.48. The van der Waals surface area contributed by atoms with Gasteiger partial charge in [-0.15, -0.1) is 0 Å². The van der Waals surface area contributed by atoms with E-state index in [9.17, 15) is 4.79 Å². The monoisotopic (exact) mass is 480 g/mol. The van der Waals surface area contributed by atoms with Gasteiger partial charge in [0.15, 0.2) is 0 Å². The van der Waals surface area contributed by atoms with Crippen LogP contribution in [-0.4, -0.2) is 31.4 Å². The normalized spacial score (nSPS) is 13.9. The number of aromatic nitrogens is 4. The lowest BCUT2D eigenvalue weighted by atomic mass is 10.1. The van der Waals surface area contributed by atoms with E-state index in [1.165, 1.54) is 12.8 Å². The van der Waals surface area contributed by atoms with E-state index in [1.807, 2.05) is 61.5 Å². The van der Waals surface area contributed by atoms with Crippen molar-refractivity contribution in [2.75, 3.05) is 5.32 Å². The molecule has 2 N–H and O–H groups in total. The van der Waals surface area contributed by atoms with Crippen LogP contribution in [0, 0.1) is 6.92 Å². The third-order valence-electron chi connectivity index (χ3n) is 6.75. The lowest BCUT2D eigenvalue weighted by Crippen LogP contribution is -2.36. The molecule has 2 amide bonds. The second kappa shape index (κ2) is 9.03. The second-order valence-corrected chi connectivity index (χ2v) is 9.48. The Balaban J connectivity index is 1.37. The number of carbonyl (C=O) groups excluding carboxylic acids is 1. The molecule has 0 spiro atoms. The largest absolute Gasteiger partial charge is 0.461 e. The molecule has 8 heteroatoms. The highest BCUT2D eigenvalue weighted by Crippen LogP contribution is 2.31. The fourth-order valence-electron chi connectivity index (χ4n) is 4.95. The van der Waals surface area contributed by atoms with Crippen LogP contribution in [0.3, 0.4) is 0 Å². The zero-order chi connectivity index (χ0) is 24.6. The van der Waals surface area contributed by atoms with E-state index in [4.69, 9.17) is 4.42 Å². The Morgan fingerprint density at radius 2 is 1.89 bits per heavy atom. The molecule has 0 atom stereocenters. The maximum absolute atomic E-state index is 12.7. The Labute approximate surface area is 208 Å². The molecule has 3 heterocycles. The number of hydrogen-bond donors (Lipinski definition) is 2. The number of benzene rings is 2. The Bertz CT molecular complexity index is 1550. The van der Waals surface area contributed by atoms with Gasteiger partial charge in [-0.25, -0.2) is 9.78 Å². The molecular weight excluding hydrogens is 452 g/mol. The van der Waals surface area contributed by atoms with Crippen molar-refractivity contribution in [2.24, 2.45) is 7.05 Å². The molecule has 0 aliphatic heterocycles. The number of rotatable bonds is 5. The average molecular weight is 481 g/mol. The Kier molecular flexibility index (Phi) is 5.56. The minimum atomic E-state index is -0.183. The van der Waals surface area contributed by atoms with Gasteiger partial charge in [-0.2, -0.15) is 5.10 Å². The molecule has 1 aliphatic carbocycles. The summed E-state index contributed by atoms with van der Waals surface area (Å²) < 4.78 is 9.72. The van der Waals surface area contributed by atoms with Crippen LogP contribution in [0.15, 0.2) is 71.7 Å². The van der Waals surface area contributed by atoms with Crippen LogP contribution in [-0.2, 0) is 7.05 Å². The van der Waals surface area contributed by atoms with E-state index in [0.717, 1.165) is 57.8 Å². The van der Waals surface area contributed by atoms with Gasteiger partial charge in [0, 0.05) is 41.8 Å². The van der Waals surface area contributed by atoms with E-state index in [-0.39, 0.29) is 12.1 Å². The van der Waals surface area contributed by atoms with E-state index in [0.29, 0.717) is 5.69 Å². The number of furan rings is 1. The Morgan fingerprint density at radius 3 is 2.64 bits per heavy atom. The number of aryl methyl sites for hydroxylation is 2. The van der Waals surface area contributed by atoms with E-state index < -0.39 is 0 Å². The number of urea groups is 1. The van der Waals surface area contributed by atoms with Gasteiger partial charge < -0.3 is 15.1 Å². The van der Waals surface area contributed by atoms with Crippen LogP contribution >= 0.6 is 0 Å². The standard InChI is InChI=1S/C28H28N6O2/c1-18-7-10-27(36-18)20-11-23(32-28(35)31-22-5-3-4-6-22)14-24(12-20)34-17-29-25-13-19(8-9-26(25)34)21-15-30-33(2)16-21/h7-17,22H,3-6H2,1-2H3,(H2,31,32,35). The summed E-state index contributed by atoms with van der Waals surface area (Å²) in [6.07, 6.45) is 10.0. The van der Waals surface area contributed by atoms with Crippen molar-refractivity contribution in [3.8, 4) is 28.1 Å². The average Bonchev–Trinajstić information content (AvgIpc) is 3.66. The van der Waals surface area contributed by atoms with Gasteiger partial charge in [0.05, 0.1) is 17.2 Å². The summed E-state index contributed by atoms with van der Waals surface area (Å²) in [4.78, 5) is 17.4. The lowest BCUT2D eigenvalue weighted by Gasteiger charge is -2.15. The summed E-state index contributed by atoms with van der Waals surface area (Å²) >= 11 is 0. The van der Waals surface area contributed by atoms with Crippen LogP contribution in [0.2, 0.25) is 0 Å². The number of carbonyl (C=O) groups is 1. The van der Waals surface area contributed by atoms with Gasteiger partial charge in [-0.05, 0) is 67.8 Å². The van der Waals surface area contributed by atoms with Gasteiger partial charge in [-0.3, -0.25) is 9.25 Å². The van der Waals surface area contributed by atoms with Gasteiger partial charge in [-0.1, -0.05) is 18.9 Å². The first-order valence-electron chi connectivity index (χ1n) is 12.3. The quantitative estimate of drug-likeness (QED) is 0.320. The SMILES string of the molecule is Cc1ccc(-c2cc(NC(=O)NC3CCCC3)cc(-n3cnc4cc(-c5cnn(C)c5)ccc43)c2)o1. The number of imidazole rings is 1. The lowest BCUT2D eigenvalue weighted by molar-refractivity contribution is 0.248. The smallest absolute Gasteiger partial charge is 0.319 e. The summed E-state index contributed by atoms with van der Waals surface area (Å²) in [5.41, 5.74) is 6.41. The van der Waals surface area contributed by atoms with E-state index >= 15 is 0 Å². The molecule has 0 radical (unpaired) electrons. The molecule has 1 fully saturated rings.